The standard InChI is InChI=1S/C11H11N3O2.C2H6/c1-6-3-7-4-8(11(15)16-2)5-13-10(7)14-9(6)12;1-2/h3-5H,1-2H3,(H2,12,13,14);1-2H3. The second-order valence-corrected chi connectivity index (χ2v) is 3.45. The first-order valence-corrected chi connectivity index (χ1v) is 5.73. The zero-order valence-electron chi connectivity index (χ0n) is 11.0. The lowest BCUT2D eigenvalue weighted by Gasteiger charge is -2.03. The van der Waals surface area contributed by atoms with Crippen LogP contribution in [0.4, 0.5) is 5.82 Å². The highest BCUT2D eigenvalue weighted by Crippen LogP contribution is 2.17. The number of nitrogen functional groups attached to an aromatic ring is 1. The Bertz CT molecular complexity index is 567. The van der Waals surface area contributed by atoms with Crippen molar-refractivity contribution in [1.29, 1.82) is 0 Å². The predicted molar refractivity (Wildman–Crippen MR) is 71.4 cm³/mol. The van der Waals surface area contributed by atoms with Gasteiger partial charge >= 0.3 is 5.97 Å². The molecule has 0 saturated heterocycles. The fraction of sp³-hybridized carbons (Fsp3) is 0.308. The fourth-order valence-electron chi connectivity index (χ4n) is 1.41. The lowest BCUT2D eigenvalue weighted by atomic mass is 10.2. The average Bonchev–Trinajstić information content (AvgIpc) is 2.41. The molecule has 0 amide bonds. The van der Waals surface area contributed by atoms with E-state index in [2.05, 4.69) is 14.7 Å². The first-order valence-electron chi connectivity index (χ1n) is 5.73. The minimum Gasteiger partial charge on any atom is -0.465 e. The summed E-state index contributed by atoms with van der Waals surface area (Å²) in [7, 11) is 1.33. The molecule has 2 N–H and O–H groups in total. The number of aromatic nitrogens is 2. The molecular formula is C13H17N3O2. The van der Waals surface area contributed by atoms with Crippen molar-refractivity contribution < 1.29 is 9.53 Å². The topological polar surface area (TPSA) is 78.1 Å². The molecule has 5 nitrogen and oxygen atoms in total. The lowest BCUT2D eigenvalue weighted by Crippen LogP contribution is -2.03. The van der Waals surface area contributed by atoms with E-state index < -0.39 is 5.97 Å². The van der Waals surface area contributed by atoms with E-state index in [1.165, 1.54) is 13.3 Å². The summed E-state index contributed by atoms with van der Waals surface area (Å²) in [6.45, 7) is 5.85. The molecular weight excluding hydrogens is 230 g/mol. The van der Waals surface area contributed by atoms with Gasteiger partial charge in [-0.3, -0.25) is 0 Å². The highest BCUT2D eigenvalue weighted by Gasteiger charge is 2.08. The van der Waals surface area contributed by atoms with E-state index in [4.69, 9.17) is 5.73 Å². The number of carbonyl (C=O) groups excluding carboxylic acids is 1. The van der Waals surface area contributed by atoms with Crippen molar-refractivity contribution in [3.05, 3.63) is 29.5 Å². The molecule has 0 fully saturated rings. The zero-order chi connectivity index (χ0) is 13.7. The minimum atomic E-state index is -0.413. The van der Waals surface area contributed by atoms with Gasteiger partial charge in [-0.2, -0.15) is 0 Å². The molecule has 0 aromatic carbocycles. The molecule has 2 aromatic heterocycles. The number of anilines is 1. The van der Waals surface area contributed by atoms with Gasteiger partial charge in [0.2, 0.25) is 0 Å². The first-order chi connectivity index (χ1) is 8.61. The van der Waals surface area contributed by atoms with E-state index in [0.29, 0.717) is 17.0 Å². The molecule has 0 radical (unpaired) electrons. The maximum Gasteiger partial charge on any atom is 0.339 e. The van der Waals surface area contributed by atoms with Crippen LogP contribution in [0.5, 0.6) is 0 Å². The molecule has 0 aliphatic carbocycles. The van der Waals surface area contributed by atoms with Crippen molar-refractivity contribution in [3.63, 3.8) is 0 Å². The van der Waals surface area contributed by atoms with E-state index in [1.807, 2.05) is 26.8 Å². The first kappa shape index (κ1) is 13.9. The molecule has 0 atom stereocenters. The number of methoxy groups -OCH3 is 1. The second-order valence-electron chi connectivity index (χ2n) is 3.45. The third-order valence-corrected chi connectivity index (χ3v) is 2.32. The van der Waals surface area contributed by atoms with Crippen LogP contribution in [0.2, 0.25) is 0 Å². The largest absolute Gasteiger partial charge is 0.465 e. The predicted octanol–water partition coefficient (Wildman–Crippen LogP) is 2.33. The fourth-order valence-corrected chi connectivity index (χ4v) is 1.41. The number of pyridine rings is 2. The summed E-state index contributed by atoms with van der Waals surface area (Å²) in [5.41, 5.74) is 7.45. The summed E-state index contributed by atoms with van der Waals surface area (Å²) in [4.78, 5) is 19.5. The summed E-state index contributed by atoms with van der Waals surface area (Å²) in [5, 5.41) is 0.773. The maximum absolute atomic E-state index is 11.3. The van der Waals surface area contributed by atoms with Crippen molar-refractivity contribution in [2.24, 2.45) is 0 Å². The summed E-state index contributed by atoms with van der Waals surface area (Å²) >= 11 is 0. The number of fused-ring (bicyclic) bond motifs is 1. The summed E-state index contributed by atoms with van der Waals surface area (Å²) in [6, 6.07) is 3.53. The molecule has 0 spiro atoms. The molecule has 5 heteroatoms. The van der Waals surface area contributed by atoms with Crippen LogP contribution in [0.15, 0.2) is 18.3 Å². The van der Waals surface area contributed by atoms with E-state index in [0.717, 1.165) is 10.9 Å². The maximum atomic E-state index is 11.3. The Balaban J connectivity index is 0.000000771. The highest BCUT2D eigenvalue weighted by molar-refractivity contribution is 5.93. The molecule has 96 valence electrons. The molecule has 2 heterocycles. The van der Waals surface area contributed by atoms with Crippen LogP contribution < -0.4 is 5.73 Å². The van der Waals surface area contributed by atoms with Crippen molar-refractivity contribution in [3.8, 4) is 0 Å². The Morgan fingerprint density at radius 1 is 1.33 bits per heavy atom. The Hall–Kier alpha value is -2.17. The molecule has 0 unspecified atom stereocenters. The van der Waals surface area contributed by atoms with Gasteiger partial charge in [0.1, 0.15) is 5.82 Å². The number of nitrogens with zero attached hydrogens (tertiary/aromatic N) is 2. The molecule has 0 saturated carbocycles. The van der Waals surface area contributed by atoms with Gasteiger partial charge in [0.15, 0.2) is 5.65 Å². The molecule has 2 aromatic rings. The summed E-state index contributed by atoms with van der Waals surface area (Å²) in [5.74, 6) is 0.0368. The number of hydrogen-bond donors (Lipinski definition) is 1. The third-order valence-electron chi connectivity index (χ3n) is 2.32. The summed E-state index contributed by atoms with van der Waals surface area (Å²) in [6.07, 6.45) is 1.43. The Labute approximate surface area is 106 Å². The van der Waals surface area contributed by atoms with Crippen molar-refractivity contribution >= 4 is 22.8 Å². The number of aryl methyl sites for hydroxylation is 1. The normalized spacial score (nSPS) is 9.56. The minimum absolute atomic E-state index is 0.404. The van der Waals surface area contributed by atoms with Crippen molar-refractivity contribution in [2.75, 3.05) is 12.8 Å². The Morgan fingerprint density at radius 3 is 2.61 bits per heavy atom. The van der Waals surface area contributed by atoms with Crippen molar-refractivity contribution in [2.45, 2.75) is 20.8 Å². The monoisotopic (exact) mass is 247 g/mol. The van der Waals surface area contributed by atoms with Crippen LogP contribution in [0, 0.1) is 6.92 Å². The number of rotatable bonds is 1. The number of esters is 1. The number of ether oxygens (including phenoxy) is 1. The van der Waals surface area contributed by atoms with Crippen LogP contribution in [0.1, 0.15) is 29.8 Å². The number of carbonyl (C=O) groups is 1. The van der Waals surface area contributed by atoms with Gasteiger partial charge in [-0.25, -0.2) is 14.8 Å². The number of nitrogens with two attached hydrogens (primary N) is 1. The third kappa shape index (κ3) is 2.74. The average molecular weight is 247 g/mol. The Morgan fingerprint density at radius 2 is 2.00 bits per heavy atom. The van der Waals surface area contributed by atoms with Crippen LogP contribution >= 0.6 is 0 Å². The van der Waals surface area contributed by atoms with E-state index in [9.17, 15) is 4.79 Å². The van der Waals surface area contributed by atoms with Gasteiger partial charge in [-0.15, -0.1) is 0 Å². The van der Waals surface area contributed by atoms with Gasteiger partial charge in [-0.1, -0.05) is 13.8 Å². The quantitative estimate of drug-likeness (QED) is 0.782. The van der Waals surface area contributed by atoms with Crippen LogP contribution in [0.25, 0.3) is 11.0 Å². The van der Waals surface area contributed by atoms with Gasteiger partial charge < -0.3 is 10.5 Å². The van der Waals surface area contributed by atoms with E-state index >= 15 is 0 Å². The highest BCUT2D eigenvalue weighted by atomic mass is 16.5. The Kier molecular flexibility index (Phi) is 4.59. The smallest absolute Gasteiger partial charge is 0.339 e. The van der Waals surface area contributed by atoms with Gasteiger partial charge in [0, 0.05) is 11.6 Å². The van der Waals surface area contributed by atoms with Gasteiger partial charge in [0.25, 0.3) is 0 Å². The second kappa shape index (κ2) is 5.95. The van der Waals surface area contributed by atoms with E-state index in [-0.39, 0.29) is 0 Å². The van der Waals surface area contributed by atoms with Crippen LogP contribution in [0.3, 0.4) is 0 Å². The zero-order valence-corrected chi connectivity index (χ0v) is 11.0. The SMILES string of the molecule is CC.COC(=O)c1cnc2nc(N)c(C)cc2c1. The van der Waals surface area contributed by atoms with Crippen LogP contribution in [-0.4, -0.2) is 23.0 Å². The number of hydrogen-bond acceptors (Lipinski definition) is 5. The molecule has 2 rings (SSSR count). The molecule has 0 aliphatic heterocycles. The summed E-state index contributed by atoms with van der Waals surface area (Å²) < 4.78 is 4.62. The lowest BCUT2D eigenvalue weighted by molar-refractivity contribution is 0.0600. The molecule has 18 heavy (non-hydrogen) atoms. The molecule has 0 aliphatic rings. The van der Waals surface area contributed by atoms with E-state index in [1.54, 1.807) is 6.07 Å². The van der Waals surface area contributed by atoms with Crippen LogP contribution in [-0.2, 0) is 4.74 Å². The van der Waals surface area contributed by atoms with Gasteiger partial charge in [0.05, 0.1) is 12.7 Å². The van der Waals surface area contributed by atoms with Gasteiger partial charge in [-0.05, 0) is 24.6 Å². The molecule has 0 bridgehead atoms. The van der Waals surface area contributed by atoms with Crippen molar-refractivity contribution in [1.82, 2.24) is 9.97 Å².